The zero-order valence-electron chi connectivity index (χ0n) is 11.2. The smallest absolute Gasteiger partial charge is 0.0410 e. The van der Waals surface area contributed by atoms with Gasteiger partial charge in [0.15, 0.2) is 0 Å². The van der Waals surface area contributed by atoms with Gasteiger partial charge in [-0.05, 0) is 48.3 Å². The van der Waals surface area contributed by atoms with Crippen molar-refractivity contribution in [2.45, 2.75) is 31.1 Å². The third-order valence-corrected chi connectivity index (χ3v) is 4.69. The minimum Gasteiger partial charge on any atom is -0.122 e. The number of alkyl halides is 1. The lowest BCUT2D eigenvalue weighted by Crippen LogP contribution is -2.08. The van der Waals surface area contributed by atoms with Crippen molar-refractivity contribution >= 4 is 11.6 Å². The van der Waals surface area contributed by atoms with Crippen LogP contribution < -0.4 is 0 Å². The third kappa shape index (κ3) is 2.84. The number of hydrogen-bond acceptors (Lipinski definition) is 0. The van der Waals surface area contributed by atoms with Crippen LogP contribution in [0.1, 0.15) is 29.0 Å². The van der Waals surface area contributed by atoms with Gasteiger partial charge < -0.3 is 0 Å². The molecule has 0 aliphatic heterocycles. The summed E-state index contributed by atoms with van der Waals surface area (Å²) in [5.41, 5.74) is 4.19. The van der Waals surface area contributed by atoms with Crippen molar-refractivity contribution in [1.82, 2.24) is 0 Å². The number of hydrogen-bond donors (Lipinski definition) is 0. The van der Waals surface area contributed by atoms with Gasteiger partial charge in [0.25, 0.3) is 0 Å². The molecule has 2 aromatic rings. The molecule has 1 aliphatic carbocycles. The molecule has 98 valence electrons. The molecule has 3 atom stereocenters. The number of benzene rings is 2. The number of aryl methyl sites for hydroxylation is 1. The molecule has 0 spiro atoms. The normalized spacial score (nSPS) is 23.1. The predicted molar refractivity (Wildman–Crippen MR) is 81.8 cm³/mol. The molecule has 0 heterocycles. The van der Waals surface area contributed by atoms with Crippen molar-refractivity contribution in [2.75, 3.05) is 0 Å². The summed E-state index contributed by atoms with van der Waals surface area (Å²) in [6, 6.07) is 19.3. The first kappa shape index (κ1) is 12.7. The average Bonchev–Trinajstić information content (AvgIpc) is 3.23. The minimum atomic E-state index is 0.256. The maximum atomic E-state index is 6.63. The lowest BCUT2D eigenvalue weighted by Gasteiger charge is -2.11. The van der Waals surface area contributed by atoms with Crippen LogP contribution in [-0.2, 0) is 6.42 Å². The molecule has 3 unspecified atom stereocenters. The Kier molecular flexibility index (Phi) is 3.61. The Morgan fingerprint density at radius 3 is 2.47 bits per heavy atom. The van der Waals surface area contributed by atoms with Crippen LogP contribution in [0.4, 0.5) is 0 Å². The van der Waals surface area contributed by atoms with E-state index in [1.807, 2.05) is 0 Å². The van der Waals surface area contributed by atoms with Crippen LogP contribution in [0.15, 0.2) is 54.6 Å². The molecule has 0 amide bonds. The summed E-state index contributed by atoms with van der Waals surface area (Å²) in [5, 5.41) is 0.256. The Hall–Kier alpha value is -1.27. The van der Waals surface area contributed by atoms with Crippen LogP contribution in [0, 0.1) is 12.8 Å². The molecule has 1 heteroatoms. The van der Waals surface area contributed by atoms with E-state index in [1.54, 1.807) is 0 Å². The molecular weight excluding hydrogens is 252 g/mol. The van der Waals surface area contributed by atoms with E-state index < -0.39 is 0 Å². The lowest BCUT2D eigenvalue weighted by atomic mass is 10.0. The van der Waals surface area contributed by atoms with Crippen LogP contribution in [0.2, 0.25) is 0 Å². The van der Waals surface area contributed by atoms with Crippen molar-refractivity contribution < 1.29 is 0 Å². The van der Waals surface area contributed by atoms with Crippen LogP contribution >= 0.6 is 11.6 Å². The molecule has 1 aliphatic rings. The van der Waals surface area contributed by atoms with E-state index in [-0.39, 0.29) is 5.38 Å². The zero-order chi connectivity index (χ0) is 13.2. The van der Waals surface area contributed by atoms with Crippen LogP contribution in [0.5, 0.6) is 0 Å². The quantitative estimate of drug-likeness (QED) is 0.690. The standard InChI is InChI=1S/C18H19Cl/c1-13-7-5-6-10-15(13)11-18(19)17-12-16(17)14-8-3-2-4-9-14/h2-10,16-18H,11-12H2,1H3. The van der Waals surface area contributed by atoms with Gasteiger partial charge >= 0.3 is 0 Å². The van der Waals surface area contributed by atoms with Crippen molar-refractivity contribution in [1.29, 1.82) is 0 Å². The second-order valence-electron chi connectivity index (χ2n) is 5.56. The van der Waals surface area contributed by atoms with Gasteiger partial charge in [-0.3, -0.25) is 0 Å². The van der Waals surface area contributed by atoms with Gasteiger partial charge in [-0.25, -0.2) is 0 Å². The highest BCUT2D eigenvalue weighted by Gasteiger charge is 2.42. The Labute approximate surface area is 120 Å². The van der Waals surface area contributed by atoms with Crippen LogP contribution in [0.25, 0.3) is 0 Å². The van der Waals surface area contributed by atoms with E-state index in [2.05, 4.69) is 61.5 Å². The molecule has 0 N–H and O–H groups in total. The fourth-order valence-corrected chi connectivity index (χ4v) is 3.34. The molecular formula is C18H19Cl. The second kappa shape index (κ2) is 5.38. The van der Waals surface area contributed by atoms with Gasteiger partial charge in [-0.15, -0.1) is 11.6 Å². The van der Waals surface area contributed by atoms with Crippen molar-refractivity contribution in [3.63, 3.8) is 0 Å². The van der Waals surface area contributed by atoms with Crippen LogP contribution in [-0.4, -0.2) is 5.38 Å². The summed E-state index contributed by atoms with van der Waals surface area (Å²) in [7, 11) is 0. The molecule has 19 heavy (non-hydrogen) atoms. The number of rotatable bonds is 4. The molecule has 2 aromatic carbocycles. The van der Waals surface area contributed by atoms with Crippen molar-refractivity contribution in [3.05, 3.63) is 71.3 Å². The highest BCUT2D eigenvalue weighted by Crippen LogP contribution is 2.51. The molecule has 1 fully saturated rings. The fraction of sp³-hybridized carbons (Fsp3) is 0.333. The number of halogens is 1. The van der Waals surface area contributed by atoms with E-state index in [0.29, 0.717) is 11.8 Å². The monoisotopic (exact) mass is 270 g/mol. The van der Waals surface area contributed by atoms with Gasteiger partial charge in [-0.2, -0.15) is 0 Å². The molecule has 0 bridgehead atoms. The first-order chi connectivity index (χ1) is 9.25. The van der Waals surface area contributed by atoms with E-state index in [1.165, 1.54) is 23.1 Å². The Balaban J connectivity index is 1.64. The Bertz CT molecular complexity index is 547. The maximum absolute atomic E-state index is 6.63. The zero-order valence-corrected chi connectivity index (χ0v) is 12.0. The predicted octanol–water partition coefficient (Wildman–Crippen LogP) is 4.95. The first-order valence-electron chi connectivity index (χ1n) is 6.99. The largest absolute Gasteiger partial charge is 0.122 e. The van der Waals surface area contributed by atoms with E-state index in [9.17, 15) is 0 Å². The highest BCUT2D eigenvalue weighted by molar-refractivity contribution is 6.21. The van der Waals surface area contributed by atoms with Gasteiger partial charge in [0.1, 0.15) is 0 Å². The SMILES string of the molecule is Cc1ccccc1CC(Cl)C1CC1c1ccccc1. The minimum absolute atomic E-state index is 0.256. The third-order valence-electron chi connectivity index (χ3n) is 4.21. The molecule has 3 rings (SSSR count). The molecule has 0 nitrogen and oxygen atoms in total. The Morgan fingerprint density at radius 2 is 1.74 bits per heavy atom. The van der Waals surface area contributed by atoms with Gasteiger partial charge in [0.2, 0.25) is 0 Å². The summed E-state index contributed by atoms with van der Waals surface area (Å²) < 4.78 is 0. The fourth-order valence-electron chi connectivity index (χ4n) is 2.90. The molecule has 0 saturated heterocycles. The lowest BCUT2D eigenvalue weighted by molar-refractivity contribution is 0.712. The summed E-state index contributed by atoms with van der Waals surface area (Å²) in [6.07, 6.45) is 2.23. The van der Waals surface area contributed by atoms with Crippen LogP contribution in [0.3, 0.4) is 0 Å². The molecule has 0 aromatic heterocycles. The van der Waals surface area contributed by atoms with E-state index >= 15 is 0 Å². The maximum Gasteiger partial charge on any atom is 0.0410 e. The topological polar surface area (TPSA) is 0 Å². The van der Waals surface area contributed by atoms with E-state index in [4.69, 9.17) is 11.6 Å². The highest BCUT2D eigenvalue weighted by atomic mass is 35.5. The van der Waals surface area contributed by atoms with Crippen molar-refractivity contribution in [2.24, 2.45) is 5.92 Å². The summed E-state index contributed by atoms with van der Waals surface area (Å²) >= 11 is 6.63. The first-order valence-corrected chi connectivity index (χ1v) is 7.43. The van der Waals surface area contributed by atoms with Gasteiger partial charge in [-0.1, -0.05) is 54.6 Å². The molecule has 1 saturated carbocycles. The average molecular weight is 271 g/mol. The summed E-state index contributed by atoms with van der Waals surface area (Å²) in [5.74, 6) is 1.32. The van der Waals surface area contributed by atoms with Crippen molar-refractivity contribution in [3.8, 4) is 0 Å². The Morgan fingerprint density at radius 1 is 1.05 bits per heavy atom. The van der Waals surface area contributed by atoms with Gasteiger partial charge in [0.05, 0.1) is 0 Å². The second-order valence-corrected chi connectivity index (χ2v) is 6.12. The van der Waals surface area contributed by atoms with Gasteiger partial charge in [0, 0.05) is 5.38 Å². The molecule has 0 radical (unpaired) electrons. The summed E-state index contributed by atoms with van der Waals surface area (Å²) in [6.45, 7) is 2.17. The summed E-state index contributed by atoms with van der Waals surface area (Å²) in [4.78, 5) is 0. The van der Waals surface area contributed by atoms with E-state index in [0.717, 1.165) is 6.42 Å².